The van der Waals surface area contributed by atoms with Crippen molar-refractivity contribution in [1.29, 1.82) is 0 Å². The van der Waals surface area contributed by atoms with Gasteiger partial charge in [0.05, 0.1) is 11.9 Å². The molecule has 0 aliphatic carbocycles. The van der Waals surface area contributed by atoms with Gasteiger partial charge in [-0.15, -0.1) is 11.8 Å². The molecule has 0 saturated carbocycles. The molecular weight excluding hydrogens is 716 g/mol. The second kappa shape index (κ2) is 7.59. The van der Waals surface area contributed by atoms with Gasteiger partial charge in [-0.05, 0) is 13.8 Å². The molecule has 19 heavy (non-hydrogen) atoms. The van der Waals surface area contributed by atoms with Crippen LogP contribution < -0.4 is 18.6 Å². The zero-order valence-corrected chi connectivity index (χ0v) is 19.9. The van der Waals surface area contributed by atoms with Crippen molar-refractivity contribution in [3.63, 3.8) is 0 Å². The van der Waals surface area contributed by atoms with E-state index in [1.54, 1.807) is 0 Å². The predicted octanol–water partition coefficient (Wildman–Crippen LogP) is -0.463. The molecule has 0 aromatic heterocycles. The molecule has 0 spiro atoms. The number of aliphatic imine (C=N–C) groups is 2. The van der Waals surface area contributed by atoms with Crippen LogP contribution in [0.2, 0.25) is 0 Å². The molecule has 0 radical (unpaired) electrons. The summed E-state index contributed by atoms with van der Waals surface area (Å²) in [6.07, 6.45) is 1.95. The summed E-state index contributed by atoms with van der Waals surface area (Å²) in [4.78, 5) is 11.1. The summed E-state index contributed by atoms with van der Waals surface area (Å²) in [5.74, 6) is 2.08. The maximum atomic E-state index is 4.45. The zero-order valence-electron chi connectivity index (χ0n) is 10.4. The first-order valence-corrected chi connectivity index (χ1v) is 20.4. The van der Waals surface area contributed by atoms with E-state index in [2.05, 4.69) is 93.9 Å². The average Bonchev–Trinajstić information content (AvgIpc) is 2.83. The molecule has 2 N–H and O–H groups in total. The zero-order chi connectivity index (χ0) is 14.0. The van der Waals surface area contributed by atoms with E-state index in [0.717, 1.165) is 18.3 Å². The molecule has 3 aliphatic rings. The van der Waals surface area contributed by atoms with Gasteiger partial charge >= 0.3 is 50.5 Å². The Morgan fingerprint density at radius 3 is 2.89 bits per heavy atom. The van der Waals surface area contributed by atoms with E-state index >= 15 is 0 Å². The number of hydrogen-bond acceptors (Lipinski definition) is 4. The van der Waals surface area contributed by atoms with E-state index in [4.69, 9.17) is 0 Å². The number of quaternary nitrogens is 1. The van der Waals surface area contributed by atoms with Gasteiger partial charge in [-0.25, -0.2) is 9.98 Å². The fraction of sp³-hybridized carbons (Fsp3) is 0.600. The number of nitrogens with two attached hydrogens (primary N) is 1. The molecule has 0 amide bonds. The van der Waals surface area contributed by atoms with Gasteiger partial charge in [-0.1, -0.05) is 22.6 Å². The quantitative estimate of drug-likeness (QED) is 0.271. The standard InChI is InChI=1S/C10H13IN4S.I3/c1-10(2)6(11)3-16-9-7-8(13-4-12-7)14-5-15(9)10;1-3-2/h5-6,12H,3-4H2,1-2H3;/q;-1/p+1. The number of hydrogen-bond donors (Lipinski definition) is 1. The maximum absolute atomic E-state index is 4.45. The van der Waals surface area contributed by atoms with Crippen LogP contribution in [0.1, 0.15) is 13.8 Å². The molecule has 0 bridgehead atoms. The molecule has 0 aromatic carbocycles. The van der Waals surface area contributed by atoms with Crippen LogP contribution in [0.5, 0.6) is 0 Å². The first-order valence-electron chi connectivity index (χ1n) is 5.62. The Morgan fingerprint density at radius 2 is 2.21 bits per heavy atom. The normalized spacial score (nSPS) is 27.5. The van der Waals surface area contributed by atoms with E-state index in [1.807, 2.05) is 18.1 Å². The van der Waals surface area contributed by atoms with Crippen molar-refractivity contribution in [2.45, 2.75) is 23.3 Å². The van der Waals surface area contributed by atoms with Crippen LogP contribution in [0.4, 0.5) is 0 Å². The summed E-state index contributed by atoms with van der Waals surface area (Å²) in [5, 5.41) is 3.52. The van der Waals surface area contributed by atoms with Crippen LogP contribution >= 0.6 is 71.6 Å². The molecule has 1 atom stereocenters. The van der Waals surface area contributed by atoms with Gasteiger partial charge in [0, 0.05) is 9.68 Å². The van der Waals surface area contributed by atoms with Gasteiger partial charge in [-0.2, -0.15) is 0 Å². The molecule has 3 heterocycles. The van der Waals surface area contributed by atoms with Crippen molar-refractivity contribution in [2.24, 2.45) is 9.98 Å². The fourth-order valence-electron chi connectivity index (χ4n) is 2.05. The number of nitrogens with zero attached hydrogens (tertiary/aromatic N) is 3. The van der Waals surface area contributed by atoms with E-state index in [0.29, 0.717) is 17.2 Å². The minimum atomic E-state index is 0.138. The summed E-state index contributed by atoms with van der Waals surface area (Å²) in [6, 6.07) is 0. The summed E-state index contributed by atoms with van der Waals surface area (Å²) in [7, 11) is 0. The van der Waals surface area contributed by atoms with Crippen molar-refractivity contribution >= 4 is 83.8 Å². The SMILES string of the molecule is CC1(C)C(I)CSC2=C3[NH2+]CN=C3N=CN21.I[I-]I. The monoisotopic (exact) mass is 730 g/mol. The topological polar surface area (TPSA) is 44.6 Å². The van der Waals surface area contributed by atoms with E-state index in [9.17, 15) is 0 Å². The Hall–Kier alpha value is 2.11. The van der Waals surface area contributed by atoms with Crippen LogP contribution in [-0.4, -0.2) is 39.0 Å². The van der Waals surface area contributed by atoms with E-state index in [1.165, 1.54) is 10.7 Å². The molecule has 9 heteroatoms. The van der Waals surface area contributed by atoms with Crippen molar-refractivity contribution in [3.05, 3.63) is 10.7 Å². The van der Waals surface area contributed by atoms with Crippen molar-refractivity contribution < 1.29 is 18.6 Å². The molecule has 1 saturated heterocycles. The van der Waals surface area contributed by atoms with Crippen molar-refractivity contribution in [1.82, 2.24) is 4.90 Å². The van der Waals surface area contributed by atoms with Gasteiger partial charge in [-0.3, -0.25) is 5.32 Å². The molecular formula is C10H14I4N4S. The summed E-state index contributed by atoms with van der Waals surface area (Å²) < 4.78 is 0.630. The van der Waals surface area contributed by atoms with Gasteiger partial charge < -0.3 is 4.90 Å². The number of amidine groups is 1. The van der Waals surface area contributed by atoms with Crippen molar-refractivity contribution in [2.75, 3.05) is 12.4 Å². The van der Waals surface area contributed by atoms with E-state index in [-0.39, 0.29) is 5.54 Å². The third-order valence-corrected chi connectivity index (χ3v) is 7.03. The molecule has 1 unspecified atom stereocenters. The van der Waals surface area contributed by atoms with Crippen LogP contribution in [0.25, 0.3) is 0 Å². The van der Waals surface area contributed by atoms with Gasteiger partial charge in [0.15, 0.2) is 6.67 Å². The Labute approximate surface area is 161 Å². The number of fused-ring (bicyclic) bond motifs is 2. The number of alkyl halides is 1. The second-order valence-corrected chi connectivity index (χ2v) is 23.4. The molecule has 4 nitrogen and oxygen atoms in total. The average molecular weight is 730 g/mol. The van der Waals surface area contributed by atoms with Crippen LogP contribution in [-0.2, 0) is 0 Å². The number of rotatable bonds is 0. The van der Waals surface area contributed by atoms with Crippen molar-refractivity contribution in [3.8, 4) is 0 Å². The first-order chi connectivity index (χ1) is 9.02. The Balaban J connectivity index is 0.000000408. The summed E-state index contributed by atoms with van der Waals surface area (Å²) >= 11 is 9.77. The summed E-state index contributed by atoms with van der Waals surface area (Å²) in [6.45, 7) is 5.36. The third kappa shape index (κ3) is 3.72. The Morgan fingerprint density at radius 1 is 1.53 bits per heavy atom. The molecule has 0 aromatic rings. The molecule has 3 rings (SSSR count). The minimum absolute atomic E-state index is 0.138. The summed E-state index contributed by atoms with van der Waals surface area (Å²) in [5.41, 5.74) is 1.38. The predicted molar refractivity (Wildman–Crippen MR) is 104 cm³/mol. The molecule has 3 aliphatic heterocycles. The second-order valence-electron chi connectivity index (χ2n) is 4.69. The Bertz CT molecular complexity index is 449. The van der Waals surface area contributed by atoms with Gasteiger partial charge in [0.25, 0.3) is 0 Å². The van der Waals surface area contributed by atoms with Gasteiger partial charge in [0.2, 0.25) is 11.5 Å². The third-order valence-electron chi connectivity index (χ3n) is 3.28. The first kappa shape index (κ1) is 17.5. The molecule has 108 valence electrons. The van der Waals surface area contributed by atoms with E-state index < -0.39 is 0 Å². The number of halogens is 4. The van der Waals surface area contributed by atoms with Crippen LogP contribution in [0.3, 0.4) is 0 Å². The fourth-order valence-corrected chi connectivity index (χ4v) is 4.36. The Kier molecular flexibility index (Phi) is 6.97. The number of thioether (sulfide) groups is 1. The van der Waals surface area contributed by atoms with Crippen LogP contribution in [0.15, 0.2) is 20.7 Å². The molecule has 1 fully saturated rings. The van der Waals surface area contributed by atoms with Gasteiger partial charge in [0.1, 0.15) is 5.03 Å². The van der Waals surface area contributed by atoms with Crippen LogP contribution in [0, 0.1) is 0 Å².